The van der Waals surface area contributed by atoms with Crippen molar-refractivity contribution in [1.82, 2.24) is 9.78 Å². The molecule has 174 valence electrons. The fourth-order valence-corrected chi connectivity index (χ4v) is 3.83. The molecule has 2 N–H and O–H groups in total. The average Bonchev–Trinajstić information content (AvgIpc) is 3.17. The smallest absolute Gasteiger partial charge is 0.363 e. The summed E-state index contributed by atoms with van der Waals surface area (Å²) < 4.78 is 81.5. The number of hydrogen-bond donors (Lipinski definition) is 2. The number of halogens is 7. The summed E-state index contributed by atoms with van der Waals surface area (Å²) in [6.07, 6.45) is -9.60. The molecule has 0 fully saturated rings. The normalized spacial score (nSPS) is 18.4. The van der Waals surface area contributed by atoms with Gasteiger partial charge in [-0.25, -0.2) is 4.68 Å². The molecule has 12 heteroatoms. The average molecular weight is 533 g/mol. The van der Waals surface area contributed by atoms with Crippen LogP contribution >= 0.6 is 15.9 Å². The van der Waals surface area contributed by atoms with Gasteiger partial charge in [-0.15, -0.1) is 0 Å². The number of alkyl halides is 6. The van der Waals surface area contributed by atoms with Crippen LogP contribution in [0, 0.1) is 0 Å². The van der Waals surface area contributed by atoms with E-state index in [2.05, 4.69) is 31.7 Å². The predicted octanol–water partition coefficient (Wildman–Crippen LogP) is 6.58. The van der Waals surface area contributed by atoms with Gasteiger partial charge in [0.2, 0.25) is 0 Å². The highest BCUT2D eigenvalue weighted by Crippen LogP contribution is 2.43. The van der Waals surface area contributed by atoms with Gasteiger partial charge in [0, 0.05) is 22.6 Å². The predicted molar refractivity (Wildman–Crippen MR) is 112 cm³/mol. The van der Waals surface area contributed by atoms with Crippen LogP contribution in [0.15, 0.2) is 59.1 Å². The topological polar surface area (TPSA) is 59.0 Å². The van der Waals surface area contributed by atoms with Crippen LogP contribution < -0.4 is 10.6 Å². The lowest BCUT2D eigenvalue weighted by molar-refractivity contribution is -0.173. The Morgan fingerprint density at radius 2 is 1.76 bits per heavy atom. The highest BCUT2D eigenvalue weighted by Gasteiger charge is 2.46. The molecule has 2 aromatic carbocycles. The van der Waals surface area contributed by atoms with E-state index in [1.165, 1.54) is 6.07 Å². The van der Waals surface area contributed by atoms with Crippen molar-refractivity contribution in [3.05, 3.63) is 75.9 Å². The first kappa shape index (κ1) is 23.1. The zero-order valence-corrected chi connectivity index (χ0v) is 18.1. The van der Waals surface area contributed by atoms with Crippen LogP contribution in [0.4, 0.5) is 37.8 Å². The second-order valence-electron chi connectivity index (χ2n) is 7.43. The van der Waals surface area contributed by atoms with Crippen LogP contribution in [0.25, 0.3) is 0 Å². The van der Waals surface area contributed by atoms with Crippen molar-refractivity contribution in [3.8, 4) is 0 Å². The van der Waals surface area contributed by atoms with Gasteiger partial charge in [-0.05, 0) is 35.9 Å². The Balaban J connectivity index is 1.62. The van der Waals surface area contributed by atoms with E-state index < -0.39 is 35.9 Å². The highest BCUT2D eigenvalue weighted by atomic mass is 79.9. The zero-order valence-electron chi connectivity index (χ0n) is 16.5. The molecule has 2 heterocycles. The lowest BCUT2D eigenvalue weighted by atomic mass is 9.97. The number of carbonyl (C=O) groups is 1. The Bertz CT molecular complexity index is 1170. The van der Waals surface area contributed by atoms with Gasteiger partial charge in [-0.3, -0.25) is 4.79 Å². The fourth-order valence-electron chi connectivity index (χ4n) is 3.57. The molecule has 0 bridgehead atoms. The fraction of sp³-hybridized carbons (Fsp3) is 0.238. The molecule has 5 nitrogen and oxygen atoms in total. The number of nitrogens with zero attached hydrogens (tertiary/aromatic N) is 2. The van der Waals surface area contributed by atoms with Gasteiger partial charge >= 0.3 is 12.4 Å². The van der Waals surface area contributed by atoms with Crippen LogP contribution in [-0.4, -0.2) is 21.9 Å². The van der Waals surface area contributed by atoms with Gasteiger partial charge in [0.25, 0.3) is 5.91 Å². The minimum absolute atomic E-state index is 0.0225. The van der Waals surface area contributed by atoms with Gasteiger partial charge < -0.3 is 10.6 Å². The molecule has 33 heavy (non-hydrogen) atoms. The van der Waals surface area contributed by atoms with Crippen LogP contribution in [-0.2, 0) is 6.18 Å². The number of anilines is 2. The lowest BCUT2D eigenvalue weighted by Gasteiger charge is -2.33. The molecular formula is C21H15BrF6N4O. The third kappa shape index (κ3) is 5.00. The number of fused-ring (bicyclic) bond motifs is 1. The SMILES string of the molecule is O=C(Nc1cccc(C(F)(F)F)c1)c1cc2n(n1)C(C(F)(F)F)CC(c1ccc(Br)cc1)N2. The van der Waals surface area contributed by atoms with Crippen LogP contribution in [0.3, 0.4) is 0 Å². The maximum atomic E-state index is 13.8. The summed E-state index contributed by atoms with van der Waals surface area (Å²) in [6.45, 7) is 0. The van der Waals surface area contributed by atoms with Crippen LogP contribution in [0.5, 0.6) is 0 Å². The number of aromatic nitrogens is 2. The van der Waals surface area contributed by atoms with E-state index in [1.54, 1.807) is 24.3 Å². The Labute approximate surface area is 191 Å². The molecule has 0 aliphatic carbocycles. The molecule has 0 saturated heterocycles. The van der Waals surface area contributed by atoms with Crippen molar-refractivity contribution in [3.63, 3.8) is 0 Å². The van der Waals surface area contributed by atoms with E-state index in [-0.39, 0.29) is 23.6 Å². The van der Waals surface area contributed by atoms with Crippen LogP contribution in [0.1, 0.15) is 40.1 Å². The minimum Gasteiger partial charge on any atom is -0.363 e. The van der Waals surface area contributed by atoms with Crippen molar-refractivity contribution in [2.45, 2.75) is 30.9 Å². The van der Waals surface area contributed by atoms with E-state index in [0.717, 1.165) is 28.7 Å². The van der Waals surface area contributed by atoms with E-state index >= 15 is 0 Å². The molecule has 3 aromatic rings. The number of hydrogen-bond acceptors (Lipinski definition) is 3. The third-order valence-electron chi connectivity index (χ3n) is 5.14. The molecule has 4 rings (SSSR count). The molecule has 2 unspecified atom stereocenters. The number of benzene rings is 2. The van der Waals surface area contributed by atoms with Crippen molar-refractivity contribution in [2.75, 3.05) is 10.6 Å². The Kier molecular flexibility index (Phi) is 5.89. The molecule has 1 aliphatic rings. The van der Waals surface area contributed by atoms with Gasteiger partial charge in [-0.2, -0.15) is 31.4 Å². The molecule has 0 radical (unpaired) electrons. The van der Waals surface area contributed by atoms with E-state index in [9.17, 15) is 31.1 Å². The lowest BCUT2D eigenvalue weighted by Crippen LogP contribution is -2.35. The van der Waals surface area contributed by atoms with Crippen LogP contribution in [0.2, 0.25) is 0 Å². The van der Waals surface area contributed by atoms with E-state index in [0.29, 0.717) is 10.2 Å². The maximum absolute atomic E-state index is 13.8. The van der Waals surface area contributed by atoms with Crippen molar-refractivity contribution in [2.24, 2.45) is 0 Å². The van der Waals surface area contributed by atoms with Crippen molar-refractivity contribution >= 4 is 33.3 Å². The van der Waals surface area contributed by atoms with Crippen molar-refractivity contribution in [1.29, 1.82) is 0 Å². The summed E-state index contributed by atoms with van der Waals surface area (Å²) >= 11 is 3.28. The summed E-state index contributed by atoms with van der Waals surface area (Å²) in [7, 11) is 0. The second kappa shape index (κ2) is 8.40. The summed E-state index contributed by atoms with van der Waals surface area (Å²) in [5.41, 5.74) is -0.870. The molecule has 0 spiro atoms. The summed E-state index contributed by atoms with van der Waals surface area (Å²) in [6, 6.07) is 9.17. The Hall–Kier alpha value is -3.02. The first-order chi connectivity index (χ1) is 15.4. The summed E-state index contributed by atoms with van der Waals surface area (Å²) in [4.78, 5) is 12.6. The van der Waals surface area contributed by atoms with Gasteiger partial charge in [0.1, 0.15) is 5.82 Å². The molecule has 1 aromatic heterocycles. The molecule has 2 atom stereocenters. The molecule has 1 amide bonds. The number of rotatable bonds is 3. The number of carbonyl (C=O) groups excluding carboxylic acids is 1. The highest BCUT2D eigenvalue weighted by molar-refractivity contribution is 9.10. The molecule has 1 aliphatic heterocycles. The quantitative estimate of drug-likeness (QED) is 0.375. The third-order valence-corrected chi connectivity index (χ3v) is 5.67. The minimum atomic E-state index is -4.63. The van der Waals surface area contributed by atoms with Gasteiger partial charge in [-0.1, -0.05) is 34.1 Å². The van der Waals surface area contributed by atoms with Gasteiger partial charge in [0.15, 0.2) is 11.7 Å². The summed E-state index contributed by atoms with van der Waals surface area (Å²) in [5, 5.41) is 9.01. The largest absolute Gasteiger partial charge is 0.416 e. The number of amides is 1. The van der Waals surface area contributed by atoms with E-state index in [4.69, 9.17) is 0 Å². The monoisotopic (exact) mass is 532 g/mol. The molecular weight excluding hydrogens is 518 g/mol. The first-order valence-electron chi connectivity index (χ1n) is 9.59. The standard InChI is InChI=1S/C21H15BrF6N4O/c22-13-6-4-11(5-7-13)15-9-17(21(26,27)28)32-18(30-15)10-16(31-32)19(33)29-14-3-1-2-12(8-14)20(23,24)25/h1-8,10,15,17,30H,9H2,(H,29,33). The summed E-state index contributed by atoms with van der Waals surface area (Å²) in [5.74, 6) is -0.954. The van der Waals surface area contributed by atoms with E-state index in [1.807, 2.05) is 0 Å². The maximum Gasteiger partial charge on any atom is 0.416 e. The zero-order chi connectivity index (χ0) is 24.0. The first-order valence-corrected chi connectivity index (χ1v) is 10.4. The van der Waals surface area contributed by atoms with Gasteiger partial charge in [0.05, 0.1) is 11.6 Å². The Morgan fingerprint density at radius 1 is 1.06 bits per heavy atom. The Morgan fingerprint density at radius 3 is 2.39 bits per heavy atom. The second-order valence-corrected chi connectivity index (χ2v) is 8.35. The number of nitrogens with one attached hydrogen (secondary N) is 2. The molecule has 0 saturated carbocycles. The van der Waals surface area contributed by atoms with Crippen molar-refractivity contribution < 1.29 is 31.1 Å².